The van der Waals surface area contributed by atoms with Crippen LogP contribution in [0.2, 0.25) is 0 Å². The van der Waals surface area contributed by atoms with E-state index in [9.17, 15) is 8.42 Å². The van der Waals surface area contributed by atoms with E-state index < -0.39 is 10.4 Å². The second-order valence-corrected chi connectivity index (χ2v) is 6.49. The van der Waals surface area contributed by atoms with Crippen molar-refractivity contribution < 1.29 is 21.9 Å². The normalized spacial score (nSPS) is 11.4. The second-order valence-electron chi connectivity index (χ2n) is 5.40. The molecule has 0 bridgehead atoms. The van der Waals surface area contributed by atoms with Gasteiger partial charge < -0.3 is 4.74 Å². The van der Waals surface area contributed by atoms with Gasteiger partial charge in [-0.15, -0.1) is 0 Å². The van der Waals surface area contributed by atoms with Crippen LogP contribution in [0.25, 0.3) is 0 Å². The number of ether oxygens (including phenoxy) is 1. The first-order chi connectivity index (χ1) is 10.1. The molecule has 0 saturated heterocycles. The molecule has 0 rings (SSSR count). The van der Waals surface area contributed by atoms with Crippen molar-refractivity contribution in [2.45, 2.75) is 77.6 Å². The summed E-state index contributed by atoms with van der Waals surface area (Å²) in [5.41, 5.74) is 0. The zero-order chi connectivity index (χ0) is 15.8. The van der Waals surface area contributed by atoms with E-state index in [1.807, 2.05) is 0 Å². The molecule has 0 aromatic heterocycles. The van der Waals surface area contributed by atoms with Crippen LogP contribution in [-0.4, -0.2) is 62.3 Å². The van der Waals surface area contributed by atoms with Gasteiger partial charge in [0, 0.05) is 6.61 Å². The van der Waals surface area contributed by atoms with Crippen molar-refractivity contribution in [3.05, 3.63) is 0 Å². The van der Waals surface area contributed by atoms with Gasteiger partial charge in [0.05, 0.1) is 13.2 Å². The summed E-state index contributed by atoms with van der Waals surface area (Å²) in [6, 6.07) is 0. The van der Waals surface area contributed by atoms with Gasteiger partial charge >= 0.3 is 40.0 Å². The third kappa shape index (κ3) is 23.1. The van der Waals surface area contributed by atoms with Gasteiger partial charge in [-0.3, -0.25) is 4.55 Å². The summed E-state index contributed by atoms with van der Waals surface area (Å²) in [6.45, 7) is 2.92. The molecular weight excluding hydrogens is 315 g/mol. The maximum absolute atomic E-state index is 10.2. The summed E-state index contributed by atoms with van der Waals surface area (Å²) >= 11 is 0. The minimum atomic E-state index is -4.32. The molecule has 0 aromatic rings. The van der Waals surface area contributed by atoms with E-state index in [2.05, 4.69) is 11.1 Å². The Morgan fingerprint density at radius 2 is 1.18 bits per heavy atom. The van der Waals surface area contributed by atoms with E-state index in [-0.39, 0.29) is 42.8 Å². The molecule has 1 N–H and O–H groups in total. The Bertz CT molecular complexity index is 309. The molecule has 0 aliphatic carbocycles. The van der Waals surface area contributed by atoms with Gasteiger partial charge in [0.2, 0.25) is 0 Å². The molecule has 0 unspecified atom stereocenters. The summed E-state index contributed by atoms with van der Waals surface area (Å²) in [5.74, 6) is 0. The van der Waals surface area contributed by atoms with Crippen molar-refractivity contribution in [1.82, 2.24) is 0 Å². The zero-order valence-electron chi connectivity index (χ0n) is 13.4. The molecule has 5 nitrogen and oxygen atoms in total. The number of unbranched alkanes of at least 4 members (excludes halogenated alkanes) is 10. The number of hydrogen-bond donors (Lipinski definition) is 1. The molecule has 0 radical (unpaired) electrons. The van der Waals surface area contributed by atoms with Crippen LogP contribution in [0.3, 0.4) is 0 Å². The van der Waals surface area contributed by atoms with Crippen molar-refractivity contribution in [3.63, 3.8) is 0 Å². The summed E-state index contributed by atoms with van der Waals surface area (Å²) in [4.78, 5) is 0. The Kier molecular flexibility index (Phi) is 20.7. The van der Waals surface area contributed by atoms with Crippen LogP contribution in [-0.2, 0) is 19.3 Å². The number of hydrogen-bond acceptors (Lipinski definition) is 4. The molecule has 0 spiro atoms. The van der Waals surface area contributed by atoms with E-state index >= 15 is 0 Å². The summed E-state index contributed by atoms with van der Waals surface area (Å²) in [6.07, 6.45) is 14.2. The van der Waals surface area contributed by atoms with E-state index in [1.165, 1.54) is 57.8 Å². The molecule has 0 heterocycles. The predicted octanol–water partition coefficient (Wildman–Crippen LogP) is 3.48. The van der Waals surface area contributed by atoms with E-state index in [4.69, 9.17) is 9.29 Å². The minimum absolute atomic E-state index is 0. The first-order valence-electron chi connectivity index (χ1n) is 8.26. The van der Waals surface area contributed by atoms with Crippen LogP contribution < -0.4 is 0 Å². The van der Waals surface area contributed by atoms with Gasteiger partial charge in [0.25, 0.3) is 0 Å². The zero-order valence-corrected chi connectivity index (χ0v) is 14.2. The van der Waals surface area contributed by atoms with Gasteiger partial charge in [-0.1, -0.05) is 71.1 Å². The Labute approximate surface area is 158 Å². The molecule has 0 aliphatic heterocycles. The quantitative estimate of drug-likeness (QED) is 0.263. The predicted molar refractivity (Wildman–Crippen MR) is 91.9 cm³/mol. The van der Waals surface area contributed by atoms with Crippen LogP contribution >= 0.6 is 0 Å². The molecule has 0 amide bonds. The van der Waals surface area contributed by atoms with Crippen molar-refractivity contribution in [1.29, 1.82) is 0 Å². The SMILES string of the molecule is CCCCCCCCCCCCCOCCOS(=O)(=O)O.[NaH]. The fourth-order valence-corrected chi connectivity index (χ4v) is 2.45. The van der Waals surface area contributed by atoms with Crippen molar-refractivity contribution in [3.8, 4) is 0 Å². The van der Waals surface area contributed by atoms with E-state index in [0.717, 1.165) is 12.8 Å². The van der Waals surface area contributed by atoms with Gasteiger partial charge in [-0.05, 0) is 6.42 Å². The van der Waals surface area contributed by atoms with Crippen LogP contribution in [0, 0.1) is 0 Å². The molecular formula is C15H33NaO5S. The van der Waals surface area contributed by atoms with Gasteiger partial charge in [-0.25, -0.2) is 4.18 Å². The van der Waals surface area contributed by atoms with Gasteiger partial charge in [-0.2, -0.15) is 8.42 Å². The van der Waals surface area contributed by atoms with Crippen LogP contribution in [0.1, 0.15) is 77.6 Å². The summed E-state index contributed by atoms with van der Waals surface area (Å²) < 4.78 is 38.2. The maximum atomic E-state index is 10.2. The fraction of sp³-hybridized carbons (Fsp3) is 1.00. The van der Waals surface area contributed by atoms with Crippen LogP contribution in [0.15, 0.2) is 0 Å². The van der Waals surface area contributed by atoms with Crippen LogP contribution in [0.5, 0.6) is 0 Å². The molecule has 7 heteroatoms. The third-order valence-corrected chi connectivity index (χ3v) is 3.82. The Morgan fingerprint density at radius 3 is 1.64 bits per heavy atom. The number of rotatable bonds is 16. The second kappa shape index (κ2) is 18.2. The molecule has 0 aromatic carbocycles. The Morgan fingerprint density at radius 1 is 0.727 bits per heavy atom. The standard InChI is InChI=1S/C15H32O5S.Na.H/c1-2-3-4-5-6-7-8-9-10-11-12-13-19-14-15-20-21(16,17)18;;/h2-15H2,1H3,(H,16,17,18);;. The van der Waals surface area contributed by atoms with Crippen molar-refractivity contribution in [2.24, 2.45) is 0 Å². The average molecular weight is 348 g/mol. The Balaban J connectivity index is 0. The fourth-order valence-electron chi connectivity index (χ4n) is 2.17. The molecule has 0 fully saturated rings. The van der Waals surface area contributed by atoms with Crippen LogP contribution in [0.4, 0.5) is 0 Å². The average Bonchev–Trinajstić information content (AvgIpc) is 2.42. The molecule has 0 aliphatic rings. The first kappa shape index (κ1) is 25.1. The van der Waals surface area contributed by atoms with Crippen molar-refractivity contribution in [2.75, 3.05) is 19.8 Å². The van der Waals surface area contributed by atoms with E-state index in [0.29, 0.717) is 6.61 Å². The topological polar surface area (TPSA) is 72.8 Å². The molecule has 22 heavy (non-hydrogen) atoms. The first-order valence-corrected chi connectivity index (χ1v) is 9.62. The van der Waals surface area contributed by atoms with Gasteiger partial charge in [0.1, 0.15) is 0 Å². The monoisotopic (exact) mass is 348 g/mol. The summed E-state index contributed by atoms with van der Waals surface area (Å²) in [7, 11) is -4.32. The molecule has 0 atom stereocenters. The Hall–Kier alpha value is 0.830. The van der Waals surface area contributed by atoms with Crippen molar-refractivity contribution >= 4 is 40.0 Å². The van der Waals surface area contributed by atoms with Gasteiger partial charge in [0.15, 0.2) is 0 Å². The summed E-state index contributed by atoms with van der Waals surface area (Å²) in [5, 5.41) is 0. The van der Waals surface area contributed by atoms with E-state index in [1.54, 1.807) is 0 Å². The third-order valence-electron chi connectivity index (χ3n) is 3.35. The molecule has 0 saturated carbocycles. The molecule has 130 valence electrons.